The van der Waals surface area contributed by atoms with Crippen molar-refractivity contribution in [1.82, 2.24) is 0 Å². The lowest BCUT2D eigenvalue weighted by Crippen LogP contribution is -2.15. The Hall–Kier alpha value is -0.570. The van der Waals surface area contributed by atoms with Gasteiger partial charge < -0.3 is 9.84 Å². The van der Waals surface area contributed by atoms with Crippen molar-refractivity contribution in [3.63, 3.8) is 0 Å². The van der Waals surface area contributed by atoms with Crippen LogP contribution in [0.5, 0.6) is 0 Å². The predicted octanol–water partition coefficient (Wildman–Crippen LogP) is 0.566. The summed E-state index contributed by atoms with van der Waals surface area (Å²) in [4.78, 5) is 11.2. The number of aliphatic hydroxyl groups excluding tert-OH is 1. The van der Waals surface area contributed by atoms with Crippen molar-refractivity contribution in [2.75, 3.05) is 6.61 Å². The van der Waals surface area contributed by atoms with Crippen LogP contribution in [0, 0.1) is 17.8 Å². The summed E-state index contributed by atoms with van der Waals surface area (Å²) < 4.78 is 4.90. The highest BCUT2D eigenvalue weighted by molar-refractivity contribution is 5.77. The van der Waals surface area contributed by atoms with Gasteiger partial charge in [0.1, 0.15) is 0 Å². The fourth-order valence-electron chi connectivity index (χ4n) is 2.42. The lowest BCUT2D eigenvalue weighted by Gasteiger charge is -2.06. The number of carbonyl (C=O) groups excluding carboxylic acids is 1. The minimum absolute atomic E-state index is 0.0219. The van der Waals surface area contributed by atoms with Crippen molar-refractivity contribution in [2.45, 2.75) is 25.9 Å². The van der Waals surface area contributed by atoms with Gasteiger partial charge in [0.25, 0.3) is 0 Å². The normalized spacial score (nSPS) is 43.8. The Kier molecular flexibility index (Phi) is 1.83. The number of aliphatic hydroxyl groups is 1. The average Bonchev–Trinajstić information content (AvgIpc) is 2.65. The molecule has 12 heavy (non-hydrogen) atoms. The van der Waals surface area contributed by atoms with E-state index in [-0.39, 0.29) is 23.9 Å². The maximum absolute atomic E-state index is 11.2. The van der Waals surface area contributed by atoms with Crippen molar-refractivity contribution >= 4 is 5.97 Å². The molecule has 2 rings (SSSR count). The van der Waals surface area contributed by atoms with Crippen LogP contribution in [0.4, 0.5) is 0 Å². The molecule has 1 unspecified atom stereocenters. The van der Waals surface area contributed by atoms with Gasteiger partial charge in [-0.1, -0.05) is 0 Å². The molecule has 3 heteroatoms. The molecule has 0 saturated heterocycles. The first kappa shape index (κ1) is 8.05. The summed E-state index contributed by atoms with van der Waals surface area (Å²) in [6, 6.07) is 0. The second-order valence-corrected chi connectivity index (χ2v) is 3.66. The number of hydrogen-bond donors (Lipinski definition) is 1. The number of esters is 1. The molecular formula is C9H14O3. The van der Waals surface area contributed by atoms with Crippen LogP contribution in [0.1, 0.15) is 19.8 Å². The largest absolute Gasteiger partial charge is 0.466 e. The maximum Gasteiger partial charge on any atom is 0.309 e. The Bertz CT molecular complexity index is 202. The Morgan fingerprint density at radius 2 is 2.33 bits per heavy atom. The first-order chi connectivity index (χ1) is 5.75. The van der Waals surface area contributed by atoms with Crippen LogP contribution in [0.15, 0.2) is 0 Å². The SMILES string of the molecule is CCOC(=O)C1[C@H]2[C@@H](O)CC[C@@H]12. The van der Waals surface area contributed by atoms with Gasteiger partial charge in [-0.3, -0.25) is 4.79 Å². The molecule has 0 spiro atoms. The third-order valence-electron chi connectivity index (χ3n) is 3.03. The zero-order valence-electron chi connectivity index (χ0n) is 7.19. The van der Waals surface area contributed by atoms with Crippen LogP contribution in [0.25, 0.3) is 0 Å². The Labute approximate surface area is 71.7 Å². The summed E-state index contributed by atoms with van der Waals surface area (Å²) in [5.41, 5.74) is 0. The minimum atomic E-state index is -0.246. The van der Waals surface area contributed by atoms with Gasteiger partial charge in [-0.15, -0.1) is 0 Å². The lowest BCUT2D eigenvalue weighted by atomic mass is 10.1. The fourth-order valence-corrected chi connectivity index (χ4v) is 2.42. The highest BCUT2D eigenvalue weighted by Gasteiger charge is 2.61. The molecule has 1 N–H and O–H groups in total. The van der Waals surface area contributed by atoms with E-state index in [0.29, 0.717) is 12.5 Å². The first-order valence-corrected chi connectivity index (χ1v) is 4.60. The number of hydrogen-bond acceptors (Lipinski definition) is 3. The van der Waals surface area contributed by atoms with Crippen molar-refractivity contribution in [3.05, 3.63) is 0 Å². The molecule has 2 saturated carbocycles. The molecule has 4 atom stereocenters. The van der Waals surface area contributed by atoms with Crippen LogP contribution in [0.3, 0.4) is 0 Å². The topological polar surface area (TPSA) is 46.5 Å². The van der Waals surface area contributed by atoms with Crippen LogP contribution in [-0.4, -0.2) is 23.8 Å². The molecule has 0 aliphatic heterocycles. The summed E-state index contributed by atoms with van der Waals surface area (Å²) in [5.74, 6) is 0.572. The molecule has 3 nitrogen and oxygen atoms in total. The summed E-state index contributed by atoms with van der Waals surface area (Å²) in [7, 11) is 0. The van der Waals surface area contributed by atoms with E-state index in [4.69, 9.17) is 4.74 Å². The molecule has 0 amide bonds. The van der Waals surface area contributed by atoms with Gasteiger partial charge in [0.15, 0.2) is 0 Å². The number of rotatable bonds is 2. The Balaban J connectivity index is 1.90. The highest BCUT2D eigenvalue weighted by Crippen LogP contribution is 2.57. The second-order valence-electron chi connectivity index (χ2n) is 3.66. The highest BCUT2D eigenvalue weighted by atomic mass is 16.5. The van der Waals surface area contributed by atoms with Crippen molar-refractivity contribution in [1.29, 1.82) is 0 Å². The number of carbonyl (C=O) groups is 1. The van der Waals surface area contributed by atoms with Gasteiger partial charge in [-0.05, 0) is 25.7 Å². The van der Waals surface area contributed by atoms with E-state index in [0.717, 1.165) is 12.8 Å². The summed E-state index contributed by atoms with van der Waals surface area (Å²) in [6.45, 7) is 2.26. The smallest absolute Gasteiger partial charge is 0.309 e. The summed E-state index contributed by atoms with van der Waals surface area (Å²) in [6.07, 6.45) is 1.62. The van der Waals surface area contributed by atoms with Crippen molar-refractivity contribution < 1.29 is 14.6 Å². The zero-order chi connectivity index (χ0) is 8.72. The van der Waals surface area contributed by atoms with Crippen molar-refractivity contribution in [3.8, 4) is 0 Å². The van der Waals surface area contributed by atoms with E-state index in [9.17, 15) is 9.90 Å². The molecular weight excluding hydrogens is 156 g/mol. The lowest BCUT2D eigenvalue weighted by molar-refractivity contribution is -0.146. The van der Waals surface area contributed by atoms with Gasteiger partial charge in [-0.2, -0.15) is 0 Å². The minimum Gasteiger partial charge on any atom is -0.466 e. The standard InChI is InChI=1S/C9H14O3/c1-2-12-9(11)8-5-3-4-6(10)7(5)8/h5-8,10H,2-4H2,1H3/t5-,6+,7-,8?/m1/s1. The second kappa shape index (κ2) is 2.73. The van der Waals surface area contributed by atoms with Crippen LogP contribution in [0.2, 0.25) is 0 Å². The molecule has 0 heterocycles. The van der Waals surface area contributed by atoms with Gasteiger partial charge in [0, 0.05) is 5.92 Å². The van der Waals surface area contributed by atoms with Gasteiger partial charge in [0.2, 0.25) is 0 Å². The molecule has 0 aromatic heterocycles. The van der Waals surface area contributed by atoms with E-state index >= 15 is 0 Å². The monoisotopic (exact) mass is 170 g/mol. The molecule has 2 aliphatic rings. The quantitative estimate of drug-likeness (QED) is 0.616. The fraction of sp³-hybridized carbons (Fsp3) is 0.889. The predicted molar refractivity (Wildman–Crippen MR) is 42.3 cm³/mol. The molecule has 2 fully saturated rings. The number of ether oxygens (including phenoxy) is 1. The molecule has 0 aromatic rings. The average molecular weight is 170 g/mol. The van der Waals surface area contributed by atoms with E-state index in [2.05, 4.69) is 0 Å². The van der Waals surface area contributed by atoms with Gasteiger partial charge >= 0.3 is 5.97 Å². The molecule has 0 aromatic carbocycles. The zero-order valence-corrected chi connectivity index (χ0v) is 7.19. The van der Waals surface area contributed by atoms with E-state index in [1.54, 1.807) is 0 Å². The van der Waals surface area contributed by atoms with Crippen LogP contribution >= 0.6 is 0 Å². The van der Waals surface area contributed by atoms with Crippen LogP contribution in [-0.2, 0) is 9.53 Å². The van der Waals surface area contributed by atoms with Crippen molar-refractivity contribution in [2.24, 2.45) is 17.8 Å². The Morgan fingerprint density at radius 3 is 2.83 bits per heavy atom. The molecule has 68 valence electrons. The third kappa shape index (κ3) is 1.04. The van der Waals surface area contributed by atoms with E-state index in [1.807, 2.05) is 6.92 Å². The molecule has 2 aliphatic carbocycles. The first-order valence-electron chi connectivity index (χ1n) is 4.60. The molecule has 0 radical (unpaired) electrons. The molecule has 0 bridgehead atoms. The van der Waals surface area contributed by atoms with E-state index in [1.165, 1.54) is 0 Å². The maximum atomic E-state index is 11.2. The van der Waals surface area contributed by atoms with Crippen LogP contribution < -0.4 is 0 Å². The summed E-state index contributed by atoms with van der Waals surface area (Å²) in [5, 5.41) is 9.42. The third-order valence-corrected chi connectivity index (χ3v) is 3.03. The van der Waals surface area contributed by atoms with E-state index < -0.39 is 0 Å². The Morgan fingerprint density at radius 1 is 1.58 bits per heavy atom. The number of fused-ring (bicyclic) bond motifs is 1. The van der Waals surface area contributed by atoms with Gasteiger partial charge in [-0.25, -0.2) is 0 Å². The summed E-state index contributed by atoms with van der Waals surface area (Å²) >= 11 is 0. The van der Waals surface area contributed by atoms with Gasteiger partial charge in [0.05, 0.1) is 18.6 Å².